The Bertz CT molecular complexity index is 2230. The monoisotopic (exact) mass is 673 g/mol. The van der Waals surface area contributed by atoms with Gasteiger partial charge in [0.25, 0.3) is 0 Å². The van der Waals surface area contributed by atoms with Crippen molar-refractivity contribution < 1.29 is 4.92 Å². The van der Waals surface area contributed by atoms with Crippen LogP contribution in [-0.2, 0) is 18.5 Å². The minimum atomic E-state index is -0.900. The van der Waals surface area contributed by atoms with Gasteiger partial charge in [0.15, 0.2) is 5.82 Å². The summed E-state index contributed by atoms with van der Waals surface area (Å²) in [7, 11) is 0. The number of benzene rings is 5. The number of hydrogen-bond donors (Lipinski definition) is 0. The summed E-state index contributed by atoms with van der Waals surface area (Å²) in [5.74, 6) is 1.13. The molecule has 0 saturated carbocycles. The first-order valence-corrected chi connectivity index (χ1v) is 16.9. The second kappa shape index (κ2) is 14.5. The number of unbranched alkanes of at least 4 members (excludes halogenated alkanes) is 1. The van der Waals surface area contributed by atoms with Gasteiger partial charge in [0.2, 0.25) is 0 Å². The van der Waals surface area contributed by atoms with Crippen LogP contribution in [0.25, 0.3) is 22.5 Å². The lowest BCUT2D eigenvalue weighted by Gasteiger charge is -2.36. The van der Waals surface area contributed by atoms with Gasteiger partial charge in [0.05, 0.1) is 11.1 Å². The second-order valence-electron chi connectivity index (χ2n) is 12.3. The van der Waals surface area contributed by atoms with Gasteiger partial charge in [-0.05, 0) is 50.2 Å². The minimum absolute atomic E-state index is 0.334. The van der Waals surface area contributed by atoms with E-state index >= 15 is 0 Å². The lowest BCUT2D eigenvalue weighted by molar-refractivity contribution is -0.386. The molecule has 2 heterocycles. The summed E-state index contributed by atoms with van der Waals surface area (Å²) in [5, 5.41) is 25.2. The van der Waals surface area contributed by atoms with Crippen LogP contribution in [0.4, 0.5) is 5.69 Å². The Kier molecular flexibility index (Phi) is 9.38. The van der Waals surface area contributed by atoms with Gasteiger partial charge in [0, 0.05) is 18.5 Å². The Balaban J connectivity index is 1.33. The lowest BCUT2D eigenvalue weighted by atomic mass is 9.77. The normalized spacial score (nSPS) is 11.4. The molecule has 51 heavy (non-hydrogen) atoms. The number of hydrogen-bond acceptors (Lipinski definition) is 7. The summed E-state index contributed by atoms with van der Waals surface area (Å²) < 4.78 is 3.64. The van der Waals surface area contributed by atoms with E-state index < -0.39 is 21.7 Å². The zero-order valence-corrected chi connectivity index (χ0v) is 28.0. The van der Waals surface area contributed by atoms with Crippen LogP contribution in [-0.4, -0.2) is 34.7 Å². The van der Waals surface area contributed by atoms with Crippen molar-refractivity contribution in [2.75, 3.05) is 0 Å². The Labute approximate surface area is 294 Å². The SMILES string of the molecule is CCCCc1nc(=O)c([N+](=O)[O-])cn1Cc1ccc(-c2ccccc2-c2nnnn2C(c2ccccc2)(c2ccccc2)c2ccccc2)cc1. The molecular formula is C41H35N7O3. The fourth-order valence-electron chi connectivity index (χ4n) is 6.71. The van der Waals surface area contributed by atoms with Gasteiger partial charge in [-0.3, -0.25) is 14.9 Å². The molecule has 10 nitrogen and oxygen atoms in total. The molecule has 10 heteroatoms. The maximum atomic E-state index is 12.3. The molecule has 0 unspecified atom stereocenters. The van der Waals surface area contributed by atoms with Crippen molar-refractivity contribution >= 4 is 5.69 Å². The molecule has 0 atom stereocenters. The van der Waals surface area contributed by atoms with Crippen molar-refractivity contribution in [2.45, 2.75) is 38.3 Å². The van der Waals surface area contributed by atoms with E-state index in [0.29, 0.717) is 24.6 Å². The third-order valence-corrected chi connectivity index (χ3v) is 9.16. The maximum Gasteiger partial charge on any atom is 0.351 e. The smallest absolute Gasteiger partial charge is 0.325 e. The van der Waals surface area contributed by atoms with Crippen LogP contribution in [0.2, 0.25) is 0 Å². The standard InChI is InChI=1S/C41H35N7O3/c1-2-3-23-38-42-40(49)37(48(50)51)29-46(38)28-30-24-26-31(27-25-30)35-21-13-14-22-36(35)39-43-44-45-47(39)41(32-15-7-4-8-16-32,33-17-9-5-10-18-33)34-19-11-6-12-20-34/h4-22,24-27,29H,2-3,23,28H2,1H3. The van der Waals surface area contributed by atoms with E-state index in [1.807, 2.05) is 109 Å². The van der Waals surface area contributed by atoms with Gasteiger partial charge in [-0.25, -0.2) is 4.68 Å². The van der Waals surface area contributed by atoms with Crippen LogP contribution >= 0.6 is 0 Å². The molecule has 0 aliphatic heterocycles. The average molecular weight is 674 g/mol. The Hall–Kier alpha value is -6.55. The highest BCUT2D eigenvalue weighted by Gasteiger charge is 2.42. The molecule has 7 aromatic rings. The van der Waals surface area contributed by atoms with Crippen LogP contribution in [0.1, 0.15) is 47.8 Å². The summed E-state index contributed by atoms with van der Waals surface area (Å²) in [6, 6.07) is 46.9. The van der Waals surface area contributed by atoms with Crippen LogP contribution in [0.15, 0.2) is 151 Å². The molecule has 0 bridgehead atoms. The maximum absolute atomic E-state index is 12.3. The Morgan fingerprint density at radius 1 is 0.725 bits per heavy atom. The quantitative estimate of drug-likeness (QED) is 0.0740. The van der Waals surface area contributed by atoms with Gasteiger partial charge < -0.3 is 4.57 Å². The van der Waals surface area contributed by atoms with Crippen LogP contribution < -0.4 is 5.56 Å². The zero-order chi connectivity index (χ0) is 35.2. The van der Waals surface area contributed by atoms with Gasteiger partial charge >= 0.3 is 11.2 Å². The number of aryl methyl sites for hydroxylation is 1. The predicted molar refractivity (Wildman–Crippen MR) is 196 cm³/mol. The van der Waals surface area contributed by atoms with Gasteiger partial charge in [-0.1, -0.05) is 153 Å². The highest BCUT2D eigenvalue weighted by molar-refractivity contribution is 5.81. The Morgan fingerprint density at radius 3 is 1.82 bits per heavy atom. The first kappa shape index (κ1) is 33.0. The molecule has 0 saturated heterocycles. The number of tetrazole rings is 1. The summed E-state index contributed by atoms with van der Waals surface area (Å²) in [6.07, 6.45) is 3.59. The minimum Gasteiger partial charge on any atom is -0.325 e. The molecule has 0 amide bonds. The van der Waals surface area contributed by atoms with E-state index in [1.54, 1.807) is 4.57 Å². The van der Waals surface area contributed by atoms with Crippen molar-refractivity contribution in [3.8, 4) is 22.5 Å². The fraction of sp³-hybridized carbons (Fsp3) is 0.146. The number of nitro groups is 1. The molecular weight excluding hydrogens is 638 g/mol. The molecule has 5 aromatic carbocycles. The van der Waals surface area contributed by atoms with E-state index in [1.165, 1.54) is 6.20 Å². The summed E-state index contributed by atoms with van der Waals surface area (Å²) in [6.45, 7) is 2.38. The third-order valence-electron chi connectivity index (χ3n) is 9.16. The zero-order valence-electron chi connectivity index (χ0n) is 28.0. The molecule has 0 aliphatic carbocycles. The first-order valence-electron chi connectivity index (χ1n) is 16.9. The molecule has 0 N–H and O–H groups in total. The van der Waals surface area contributed by atoms with E-state index in [0.717, 1.165) is 51.8 Å². The largest absolute Gasteiger partial charge is 0.351 e. The number of rotatable bonds is 12. The number of nitrogens with zero attached hydrogens (tertiary/aromatic N) is 7. The van der Waals surface area contributed by atoms with Crippen molar-refractivity contribution in [1.29, 1.82) is 0 Å². The highest BCUT2D eigenvalue weighted by Crippen LogP contribution is 2.43. The highest BCUT2D eigenvalue weighted by atomic mass is 16.6. The predicted octanol–water partition coefficient (Wildman–Crippen LogP) is 7.70. The van der Waals surface area contributed by atoms with E-state index in [2.05, 4.69) is 57.8 Å². The number of aromatic nitrogens is 6. The van der Waals surface area contributed by atoms with Gasteiger partial charge in [0.1, 0.15) is 11.4 Å². The van der Waals surface area contributed by atoms with Crippen LogP contribution in [0.5, 0.6) is 0 Å². The first-order chi connectivity index (χ1) is 25.0. The third kappa shape index (κ3) is 6.35. The van der Waals surface area contributed by atoms with Gasteiger partial charge in [-0.15, -0.1) is 5.10 Å². The van der Waals surface area contributed by atoms with Gasteiger partial charge in [-0.2, -0.15) is 4.98 Å². The summed E-state index contributed by atoms with van der Waals surface area (Å²) in [5.41, 5.74) is 4.43. The molecule has 0 fully saturated rings. The van der Waals surface area contributed by atoms with Crippen LogP contribution in [0, 0.1) is 10.1 Å². The topological polar surface area (TPSA) is 122 Å². The fourth-order valence-corrected chi connectivity index (χ4v) is 6.71. The molecule has 0 aliphatic rings. The molecule has 0 spiro atoms. The van der Waals surface area contributed by atoms with E-state index in [-0.39, 0.29) is 0 Å². The second-order valence-corrected chi connectivity index (χ2v) is 12.3. The average Bonchev–Trinajstić information content (AvgIpc) is 3.67. The molecule has 2 aromatic heterocycles. The summed E-state index contributed by atoms with van der Waals surface area (Å²) >= 11 is 0. The van der Waals surface area contributed by atoms with E-state index in [9.17, 15) is 14.9 Å². The summed E-state index contributed by atoms with van der Waals surface area (Å²) in [4.78, 5) is 27.3. The van der Waals surface area contributed by atoms with Crippen LogP contribution in [0.3, 0.4) is 0 Å². The van der Waals surface area contributed by atoms with Crippen molar-refractivity contribution in [1.82, 2.24) is 29.8 Å². The van der Waals surface area contributed by atoms with Crippen molar-refractivity contribution in [3.63, 3.8) is 0 Å². The Morgan fingerprint density at radius 2 is 1.27 bits per heavy atom. The lowest BCUT2D eigenvalue weighted by Crippen LogP contribution is -2.39. The molecule has 7 rings (SSSR count). The van der Waals surface area contributed by atoms with Crippen molar-refractivity contribution in [2.24, 2.45) is 0 Å². The van der Waals surface area contributed by atoms with Crippen molar-refractivity contribution in [3.05, 3.63) is 194 Å². The molecule has 0 radical (unpaired) electrons. The van der Waals surface area contributed by atoms with E-state index in [4.69, 9.17) is 5.21 Å². The molecule has 252 valence electrons.